The molecule has 1 heterocycles. The van der Waals surface area contributed by atoms with Crippen LogP contribution in [0.15, 0.2) is 0 Å². The summed E-state index contributed by atoms with van der Waals surface area (Å²) in [6, 6.07) is 0.638. The van der Waals surface area contributed by atoms with Crippen LogP contribution in [0.3, 0.4) is 0 Å². The van der Waals surface area contributed by atoms with Crippen LogP contribution in [0.2, 0.25) is 0 Å². The number of hydrogen-bond donors (Lipinski definition) is 2. The molecule has 1 aliphatic carbocycles. The SMILES string of the molecule is CCC(CO)(CCCOCC1CCCCO1)NC1CC1. The van der Waals surface area contributed by atoms with E-state index in [1.807, 2.05) is 0 Å². The largest absolute Gasteiger partial charge is 0.394 e. The van der Waals surface area contributed by atoms with Gasteiger partial charge in [0.05, 0.1) is 19.3 Å². The second-order valence-electron chi connectivity index (χ2n) is 6.38. The molecular weight excluding hydrogens is 254 g/mol. The van der Waals surface area contributed by atoms with Crippen LogP contribution in [0.4, 0.5) is 0 Å². The molecule has 20 heavy (non-hydrogen) atoms. The maximum Gasteiger partial charge on any atom is 0.0808 e. The molecule has 0 spiro atoms. The summed E-state index contributed by atoms with van der Waals surface area (Å²) in [5.74, 6) is 0. The fraction of sp³-hybridized carbons (Fsp3) is 1.00. The van der Waals surface area contributed by atoms with Gasteiger partial charge in [-0.25, -0.2) is 0 Å². The lowest BCUT2D eigenvalue weighted by Crippen LogP contribution is -2.49. The Morgan fingerprint density at radius 2 is 2.15 bits per heavy atom. The van der Waals surface area contributed by atoms with Crippen molar-refractivity contribution < 1.29 is 14.6 Å². The van der Waals surface area contributed by atoms with Gasteiger partial charge in [-0.3, -0.25) is 0 Å². The highest BCUT2D eigenvalue weighted by Crippen LogP contribution is 2.26. The van der Waals surface area contributed by atoms with Gasteiger partial charge in [-0.2, -0.15) is 0 Å². The number of aliphatic hydroxyl groups excluding tert-OH is 1. The zero-order valence-corrected chi connectivity index (χ0v) is 12.9. The Kier molecular flexibility index (Phi) is 6.75. The summed E-state index contributed by atoms with van der Waals surface area (Å²) < 4.78 is 11.4. The van der Waals surface area contributed by atoms with Crippen molar-refractivity contribution in [3.8, 4) is 0 Å². The molecular formula is C16H31NO3. The third-order valence-corrected chi connectivity index (χ3v) is 4.59. The molecule has 2 aliphatic rings. The van der Waals surface area contributed by atoms with Crippen molar-refractivity contribution in [2.24, 2.45) is 0 Å². The van der Waals surface area contributed by atoms with E-state index in [0.717, 1.165) is 45.5 Å². The molecule has 4 nitrogen and oxygen atoms in total. The first-order chi connectivity index (χ1) is 9.78. The van der Waals surface area contributed by atoms with Gasteiger partial charge >= 0.3 is 0 Å². The summed E-state index contributed by atoms with van der Waals surface area (Å²) in [6.07, 6.45) is 9.39. The van der Waals surface area contributed by atoms with Crippen LogP contribution in [0.25, 0.3) is 0 Å². The summed E-state index contributed by atoms with van der Waals surface area (Å²) >= 11 is 0. The highest BCUT2D eigenvalue weighted by atomic mass is 16.5. The minimum atomic E-state index is -0.0914. The highest BCUT2D eigenvalue weighted by Gasteiger charge is 2.33. The summed E-state index contributed by atoms with van der Waals surface area (Å²) in [5.41, 5.74) is -0.0914. The van der Waals surface area contributed by atoms with E-state index in [4.69, 9.17) is 9.47 Å². The summed E-state index contributed by atoms with van der Waals surface area (Å²) in [7, 11) is 0. The van der Waals surface area contributed by atoms with Gasteiger partial charge in [-0.15, -0.1) is 0 Å². The molecule has 0 aromatic rings. The summed E-state index contributed by atoms with van der Waals surface area (Å²) in [6.45, 7) is 4.78. The Hall–Kier alpha value is -0.160. The summed E-state index contributed by atoms with van der Waals surface area (Å²) in [4.78, 5) is 0. The van der Waals surface area contributed by atoms with E-state index in [1.165, 1.54) is 25.7 Å². The zero-order chi connectivity index (χ0) is 14.3. The molecule has 0 aromatic carbocycles. The number of rotatable bonds is 10. The number of nitrogens with one attached hydrogen (secondary N) is 1. The molecule has 0 radical (unpaired) electrons. The van der Waals surface area contributed by atoms with Crippen molar-refractivity contribution in [2.75, 3.05) is 26.4 Å². The minimum absolute atomic E-state index is 0.0914. The Bertz CT molecular complexity index is 258. The van der Waals surface area contributed by atoms with E-state index in [2.05, 4.69) is 12.2 Å². The van der Waals surface area contributed by atoms with E-state index < -0.39 is 0 Å². The second-order valence-corrected chi connectivity index (χ2v) is 6.38. The number of hydrogen-bond acceptors (Lipinski definition) is 4. The molecule has 1 aliphatic heterocycles. The molecule has 2 unspecified atom stereocenters. The van der Waals surface area contributed by atoms with Gasteiger partial charge < -0.3 is 19.9 Å². The van der Waals surface area contributed by atoms with E-state index in [1.54, 1.807) is 0 Å². The van der Waals surface area contributed by atoms with Gasteiger partial charge in [-0.05, 0) is 51.4 Å². The Balaban J connectivity index is 1.57. The normalized spacial score (nSPS) is 26.4. The lowest BCUT2D eigenvalue weighted by molar-refractivity contribution is -0.0421. The van der Waals surface area contributed by atoms with Gasteiger partial charge in [0.25, 0.3) is 0 Å². The fourth-order valence-corrected chi connectivity index (χ4v) is 2.91. The van der Waals surface area contributed by atoms with Gasteiger partial charge in [0.2, 0.25) is 0 Å². The van der Waals surface area contributed by atoms with Crippen molar-refractivity contribution in [3.63, 3.8) is 0 Å². The maximum atomic E-state index is 9.69. The molecule has 0 bridgehead atoms. The topological polar surface area (TPSA) is 50.7 Å². The monoisotopic (exact) mass is 285 g/mol. The Morgan fingerprint density at radius 1 is 1.30 bits per heavy atom. The predicted octanol–water partition coefficient (Wildman–Crippen LogP) is 2.25. The summed E-state index contributed by atoms with van der Waals surface area (Å²) in [5, 5.41) is 13.3. The molecule has 4 heteroatoms. The predicted molar refractivity (Wildman–Crippen MR) is 79.9 cm³/mol. The van der Waals surface area contributed by atoms with Crippen molar-refractivity contribution in [1.82, 2.24) is 5.32 Å². The smallest absolute Gasteiger partial charge is 0.0808 e. The van der Waals surface area contributed by atoms with Gasteiger partial charge in [0, 0.05) is 24.8 Å². The molecule has 2 fully saturated rings. The van der Waals surface area contributed by atoms with Crippen LogP contribution >= 0.6 is 0 Å². The molecule has 118 valence electrons. The van der Waals surface area contributed by atoms with Crippen LogP contribution in [0.5, 0.6) is 0 Å². The first-order valence-electron chi connectivity index (χ1n) is 8.36. The van der Waals surface area contributed by atoms with Gasteiger partial charge in [0.1, 0.15) is 0 Å². The molecule has 0 amide bonds. The van der Waals surface area contributed by atoms with E-state index >= 15 is 0 Å². The van der Waals surface area contributed by atoms with Crippen LogP contribution in [-0.4, -0.2) is 49.2 Å². The van der Waals surface area contributed by atoms with Crippen molar-refractivity contribution in [2.45, 2.75) is 76.0 Å². The van der Waals surface area contributed by atoms with E-state index in [0.29, 0.717) is 12.1 Å². The lowest BCUT2D eigenvalue weighted by atomic mass is 9.91. The first-order valence-corrected chi connectivity index (χ1v) is 8.36. The van der Waals surface area contributed by atoms with E-state index in [-0.39, 0.29) is 12.1 Å². The maximum absolute atomic E-state index is 9.69. The average molecular weight is 285 g/mol. The molecule has 0 aromatic heterocycles. The standard InChI is InChI=1S/C16H31NO3/c1-2-16(13-18,17-14-7-8-14)9-5-10-19-12-15-6-3-4-11-20-15/h14-15,17-18H,2-13H2,1H3. The van der Waals surface area contributed by atoms with Crippen molar-refractivity contribution in [1.29, 1.82) is 0 Å². The first kappa shape index (κ1) is 16.2. The third kappa shape index (κ3) is 5.32. The molecule has 2 N–H and O–H groups in total. The Labute approximate surface area is 123 Å². The quantitative estimate of drug-likeness (QED) is 0.605. The van der Waals surface area contributed by atoms with Gasteiger partial charge in [0.15, 0.2) is 0 Å². The van der Waals surface area contributed by atoms with Crippen LogP contribution in [0, 0.1) is 0 Å². The second kappa shape index (κ2) is 8.32. The molecule has 2 atom stereocenters. The number of aliphatic hydroxyl groups is 1. The minimum Gasteiger partial charge on any atom is -0.394 e. The van der Waals surface area contributed by atoms with Crippen molar-refractivity contribution >= 4 is 0 Å². The van der Waals surface area contributed by atoms with Crippen molar-refractivity contribution in [3.05, 3.63) is 0 Å². The average Bonchev–Trinajstić information content (AvgIpc) is 3.31. The van der Waals surface area contributed by atoms with Crippen LogP contribution < -0.4 is 5.32 Å². The molecule has 1 saturated heterocycles. The highest BCUT2D eigenvalue weighted by molar-refractivity contribution is 4.94. The molecule has 2 rings (SSSR count). The third-order valence-electron chi connectivity index (χ3n) is 4.59. The van der Waals surface area contributed by atoms with Gasteiger partial charge in [-0.1, -0.05) is 6.92 Å². The lowest BCUT2D eigenvalue weighted by Gasteiger charge is -2.32. The Morgan fingerprint density at radius 3 is 2.75 bits per heavy atom. The molecule has 1 saturated carbocycles. The van der Waals surface area contributed by atoms with Crippen LogP contribution in [-0.2, 0) is 9.47 Å². The van der Waals surface area contributed by atoms with Crippen LogP contribution in [0.1, 0.15) is 58.3 Å². The fourth-order valence-electron chi connectivity index (χ4n) is 2.91. The number of ether oxygens (including phenoxy) is 2. The van der Waals surface area contributed by atoms with E-state index in [9.17, 15) is 5.11 Å². The zero-order valence-electron chi connectivity index (χ0n) is 12.9.